The lowest BCUT2D eigenvalue weighted by Crippen LogP contribution is -2.03. The highest BCUT2D eigenvalue weighted by atomic mass is 16.6. The lowest BCUT2D eigenvalue weighted by atomic mass is 10.1. The third-order valence-corrected chi connectivity index (χ3v) is 1.55. The SMILES string of the molecule is CC=CC=CC1CC(=O)OC1=O. The van der Waals surface area contributed by atoms with Crippen LogP contribution in [0.15, 0.2) is 24.3 Å². The van der Waals surface area contributed by atoms with E-state index in [4.69, 9.17) is 0 Å². The molecule has 0 amide bonds. The molecule has 1 rings (SSSR count). The molecule has 3 heteroatoms. The van der Waals surface area contributed by atoms with Gasteiger partial charge in [-0.15, -0.1) is 0 Å². The van der Waals surface area contributed by atoms with Gasteiger partial charge >= 0.3 is 11.9 Å². The average Bonchev–Trinajstić information content (AvgIpc) is 2.31. The van der Waals surface area contributed by atoms with Crippen LogP contribution in [0.4, 0.5) is 0 Å². The molecule has 0 aromatic heterocycles. The van der Waals surface area contributed by atoms with Crippen molar-refractivity contribution in [3.05, 3.63) is 24.3 Å². The van der Waals surface area contributed by atoms with Gasteiger partial charge in [0, 0.05) is 0 Å². The predicted octanol–water partition coefficient (Wildman–Crippen LogP) is 1.21. The van der Waals surface area contributed by atoms with Crippen LogP contribution in [0.3, 0.4) is 0 Å². The molecule has 64 valence electrons. The fraction of sp³-hybridized carbons (Fsp3) is 0.333. The molecule has 0 bridgehead atoms. The van der Waals surface area contributed by atoms with E-state index in [2.05, 4.69) is 4.74 Å². The van der Waals surface area contributed by atoms with Crippen LogP contribution >= 0.6 is 0 Å². The first-order valence-electron chi connectivity index (χ1n) is 3.78. The Kier molecular flexibility index (Phi) is 2.80. The molecule has 1 atom stereocenters. The topological polar surface area (TPSA) is 43.4 Å². The Bertz CT molecular complexity index is 250. The largest absolute Gasteiger partial charge is 0.393 e. The number of cyclic esters (lactones) is 2. The van der Waals surface area contributed by atoms with Crippen molar-refractivity contribution >= 4 is 11.9 Å². The molecule has 1 fully saturated rings. The Morgan fingerprint density at radius 3 is 2.67 bits per heavy atom. The van der Waals surface area contributed by atoms with Crippen molar-refractivity contribution in [1.29, 1.82) is 0 Å². The molecular formula is C9H10O3. The van der Waals surface area contributed by atoms with Gasteiger partial charge in [0.05, 0.1) is 12.3 Å². The lowest BCUT2D eigenvalue weighted by molar-refractivity contribution is -0.152. The highest BCUT2D eigenvalue weighted by molar-refractivity contribution is 5.95. The van der Waals surface area contributed by atoms with Gasteiger partial charge in [-0.3, -0.25) is 9.59 Å². The molecule has 1 heterocycles. The van der Waals surface area contributed by atoms with E-state index in [0.29, 0.717) is 0 Å². The van der Waals surface area contributed by atoms with E-state index in [0.717, 1.165) is 0 Å². The first-order valence-corrected chi connectivity index (χ1v) is 3.78. The van der Waals surface area contributed by atoms with Crippen LogP contribution in [-0.2, 0) is 14.3 Å². The molecule has 12 heavy (non-hydrogen) atoms. The van der Waals surface area contributed by atoms with Gasteiger partial charge in [-0.05, 0) is 6.92 Å². The molecule has 1 saturated heterocycles. The highest BCUT2D eigenvalue weighted by Crippen LogP contribution is 2.16. The third kappa shape index (κ3) is 2.05. The number of rotatable bonds is 2. The summed E-state index contributed by atoms with van der Waals surface area (Å²) in [5, 5.41) is 0. The zero-order chi connectivity index (χ0) is 8.97. The molecule has 0 saturated carbocycles. The molecule has 0 N–H and O–H groups in total. The number of ether oxygens (including phenoxy) is 1. The summed E-state index contributed by atoms with van der Waals surface area (Å²) in [6.45, 7) is 1.88. The summed E-state index contributed by atoms with van der Waals surface area (Å²) in [6, 6.07) is 0. The Morgan fingerprint density at radius 1 is 1.42 bits per heavy atom. The maximum atomic E-state index is 10.9. The second-order valence-electron chi connectivity index (χ2n) is 2.51. The van der Waals surface area contributed by atoms with Crippen LogP contribution in [0.5, 0.6) is 0 Å². The van der Waals surface area contributed by atoms with Crippen molar-refractivity contribution < 1.29 is 14.3 Å². The zero-order valence-electron chi connectivity index (χ0n) is 6.82. The first-order chi connectivity index (χ1) is 5.74. The quantitative estimate of drug-likeness (QED) is 0.352. The Balaban J connectivity index is 2.53. The monoisotopic (exact) mass is 166 g/mol. The third-order valence-electron chi connectivity index (χ3n) is 1.55. The lowest BCUT2D eigenvalue weighted by Gasteiger charge is -1.91. The van der Waals surface area contributed by atoms with E-state index >= 15 is 0 Å². The summed E-state index contributed by atoms with van der Waals surface area (Å²) in [6.07, 6.45) is 7.24. The molecule has 3 nitrogen and oxygen atoms in total. The highest BCUT2D eigenvalue weighted by Gasteiger charge is 2.30. The normalized spacial score (nSPS) is 24.2. The minimum atomic E-state index is -0.444. The van der Waals surface area contributed by atoms with E-state index in [1.54, 1.807) is 18.2 Å². The summed E-state index contributed by atoms with van der Waals surface area (Å²) in [5.74, 6) is -1.26. The van der Waals surface area contributed by atoms with Crippen LogP contribution in [0.1, 0.15) is 13.3 Å². The molecule has 1 aliphatic rings. The average molecular weight is 166 g/mol. The zero-order valence-corrected chi connectivity index (χ0v) is 6.82. The fourth-order valence-electron chi connectivity index (χ4n) is 0.948. The van der Waals surface area contributed by atoms with Gasteiger partial charge in [-0.25, -0.2) is 0 Å². The van der Waals surface area contributed by atoms with Gasteiger partial charge in [0.1, 0.15) is 0 Å². The maximum absolute atomic E-state index is 10.9. The number of carbonyl (C=O) groups excluding carboxylic acids is 2. The number of allylic oxidation sites excluding steroid dienone is 3. The van der Waals surface area contributed by atoms with Gasteiger partial charge in [0.2, 0.25) is 0 Å². The van der Waals surface area contributed by atoms with Gasteiger partial charge in [-0.1, -0.05) is 24.3 Å². The first kappa shape index (κ1) is 8.71. The number of hydrogen-bond acceptors (Lipinski definition) is 3. The predicted molar refractivity (Wildman–Crippen MR) is 43.2 cm³/mol. The Hall–Kier alpha value is -1.38. The van der Waals surface area contributed by atoms with Crippen molar-refractivity contribution in [2.45, 2.75) is 13.3 Å². The molecule has 0 spiro atoms. The van der Waals surface area contributed by atoms with Crippen LogP contribution in [-0.4, -0.2) is 11.9 Å². The number of carbonyl (C=O) groups is 2. The van der Waals surface area contributed by atoms with Crippen LogP contribution in [0.25, 0.3) is 0 Å². The second-order valence-corrected chi connectivity index (χ2v) is 2.51. The van der Waals surface area contributed by atoms with E-state index in [1.807, 2.05) is 13.0 Å². The van der Waals surface area contributed by atoms with Crippen LogP contribution in [0, 0.1) is 5.92 Å². The van der Waals surface area contributed by atoms with Crippen molar-refractivity contribution in [2.75, 3.05) is 0 Å². The van der Waals surface area contributed by atoms with Gasteiger partial charge in [0.25, 0.3) is 0 Å². The van der Waals surface area contributed by atoms with Crippen molar-refractivity contribution in [3.8, 4) is 0 Å². The van der Waals surface area contributed by atoms with Gasteiger partial charge < -0.3 is 4.74 Å². The minimum Gasteiger partial charge on any atom is -0.393 e. The summed E-state index contributed by atoms with van der Waals surface area (Å²) in [4.78, 5) is 21.5. The molecule has 1 unspecified atom stereocenters. The van der Waals surface area contributed by atoms with Crippen molar-refractivity contribution in [1.82, 2.24) is 0 Å². The van der Waals surface area contributed by atoms with E-state index in [1.165, 1.54) is 0 Å². The summed E-state index contributed by atoms with van der Waals surface area (Å²) >= 11 is 0. The van der Waals surface area contributed by atoms with Gasteiger partial charge in [-0.2, -0.15) is 0 Å². The minimum absolute atomic E-state index is 0.173. The molecule has 0 aromatic carbocycles. The van der Waals surface area contributed by atoms with Crippen molar-refractivity contribution in [2.24, 2.45) is 5.92 Å². The Morgan fingerprint density at radius 2 is 2.17 bits per heavy atom. The fourth-order valence-corrected chi connectivity index (χ4v) is 0.948. The summed E-state index contributed by atoms with van der Waals surface area (Å²) < 4.78 is 4.35. The molecule has 0 radical (unpaired) electrons. The van der Waals surface area contributed by atoms with E-state index < -0.39 is 11.9 Å². The maximum Gasteiger partial charge on any atom is 0.321 e. The molecule has 0 aliphatic carbocycles. The van der Waals surface area contributed by atoms with E-state index in [-0.39, 0.29) is 12.3 Å². The van der Waals surface area contributed by atoms with Crippen LogP contribution < -0.4 is 0 Å². The number of hydrogen-bond donors (Lipinski definition) is 0. The summed E-state index contributed by atoms with van der Waals surface area (Å²) in [7, 11) is 0. The molecule has 0 aromatic rings. The number of esters is 2. The smallest absolute Gasteiger partial charge is 0.321 e. The van der Waals surface area contributed by atoms with Crippen molar-refractivity contribution in [3.63, 3.8) is 0 Å². The Labute approximate surface area is 70.7 Å². The molecular weight excluding hydrogens is 156 g/mol. The van der Waals surface area contributed by atoms with Gasteiger partial charge in [0.15, 0.2) is 0 Å². The van der Waals surface area contributed by atoms with Crippen LogP contribution in [0.2, 0.25) is 0 Å². The van der Waals surface area contributed by atoms with E-state index in [9.17, 15) is 9.59 Å². The summed E-state index contributed by atoms with van der Waals surface area (Å²) in [5.41, 5.74) is 0. The molecule has 1 aliphatic heterocycles. The standard InChI is InChI=1S/C9H10O3/c1-2-3-4-5-7-6-8(10)12-9(7)11/h2-5,7H,6H2,1H3. The second kappa shape index (κ2) is 3.85.